The molecule has 0 spiro atoms. The van der Waals surface area contributed by atoms with E-state index in [1.165, 1.54) is 0 Å². The Kier molecular flexibility index (Phi) is 2.94. The quantitative estimate of drug-likeness (QED) is 0.912. The number of ether oxygens (including phenoxy) is 1. The summed E-state index contributed by atoms with van der Waals surface area (Å²) in [7, 11) is 1.70. The standard InChI is InChI=1S/C13H15N3O3/c1-19-9-6-5-8(7-9)16-12-10(13(17)18)3-2-4-11(12)14-15-16/h2-4,8-9H,5-7H2,1H3,(H,17,18). The summed E-state index contributed by atoms with van der Waals surface area (Å²) in [4.78, 5) is 11.3. The predicted octanol–water partition coefficient (Wildman–Crippen LogP) is 1.87. The van der Waals surface area contributed by atoms with Crippen LogP contribution in [0.5, 0.6) is 0 Å². The molecule has 1 aromatic carbocycles. The molecule has 2 atom stereocenters. The fourth-order valence-corrected chi connectivity index (χ4v) is 2.78. The van der Waals surface area contributed by atoms with Crippen LogP contribution in [0.15, 0.2) is 18.2 Å². The highest BCUT2D eigenvalue weighted by molar-refractivity contribution is 6.00. The first-order chi connectivity index (χ1) is 9.20. The van der Waals surface area contributed by atoms with Crippen LogP contribution in [0.2, 0.25) is 0 Å². The second kappa shape index (κ2) is 4.62. The van der Waals surface area contributed by atoms with Gasteiger partial charge in [-0.2, -0.15) is 0 Å². The second-order valence-electron chi connectivity index (χ2n) is 4.84. The fraction of sp³-hybridized carbons (Fsp3) is 0.462. The molecular formula is C13H15N3O3. The van der Waals surface area contributed by atoms with Crippen molar-refractivity contribution in [3.8, 4) is 0 Å². The monoisotopic (exact) mass is 261 g/mol. The summed E-state index contributed by atoms with van der Waals surface area (Å²) in [5.41, 5.74) is 1.49. The van der Waals surface area contributed by atoms with Crippen LogP contribution in [0.1, 0.15) is 35.7 Å². The average Bonchev–Trinajstić information content (AvgIpc) is 3.03. The summed E-state index contributed by atoms with van der Waals surface area (Å²) in [5.74, 6) is -0.949. The lowest BCUT2D eigenvalue weighted by molar-refractivity contribution is 0.0698. The number of methoxy groups -OCH3 is 1. The van der Waals surface area contributed by atoms with Crippen LogP contribution in [0, 0.1) is 0 Å². The van der Waals surface area contributed by atoms with Gasteiger partial charge in [-0.05, 0) is 31.4 Å². The van der Waals surface area contributed by atoms with Gasteiger partial charge in [-0.15, -0.1) is 5.10 Å². The van der Waals surface area contributed by atoms with E-state index in [1.54, 1.807) is 30.0 Å². The van der Waals surface area contributed by atoms with Crippen LogP contribution < -0.4 is 0 Å². The van der Waals surface area contributed by atoms with E-state index in [-0.39, 0.29) is 17.7 Å². The van der Waals surface area contributed by atoms with Crippen molar-refractivity contribution in [1.82, 2.24) is 15.0 Å². The Bertz CT molecular complexity index is 623. The van der Waals surface area contributed by atoms with Gasteiger partial charge in [0.1, 0.15) is 11.0 Å². The maximum absolute atomic E-state index is 11.3. The van der Waals surface area contributed by atoms with Gasteiger partial charge >= 0.3 is 5.97 Å². The van der Waals surface area contributed by atoms with E-state index >= 15 is 0 Å². The van der Waals surface area contributed by atoms with E-state index < -0.39 is 5.97 Å². The Morgan fingerprint density at radius 2 is 2.32 bits per heavy atom. The lowest BCUT2D eigenvalue weighted by Crippen LogP contribution is -2.12. The number of nitrogens with zero attached hydrogens (tertiary/aromatic N) is 3. The lowest BCUT2D eigenvalue weighted by atomic mass is 10.1. The number of carbonyl (C=O) groups is 1. The highest BCUT2D eigenvalue weighted by atomic mass is 16.5. The van der Waals surface area contributed by atoms with E-state index in [9.17, 15) is 9.90 Å². The molecule has 1 saturated carbocycles. The van der Waals surface area contributed by atoms with Crippen LogP contribution in [0.25, 0.3) is 11.0 Å². The maximum atomic E-state index is 11.3. The maximum Gasteiger partial charge on any atom is 0.337 e. The van der Waals surface area contributed by atoms with Crippen LogP contribution in [-0.4, -0.2) is 39.3 Å². The second-order valence-corrected chi connectivity index (χ2v) is 4.84. The van der Waals surface area contributed by atoms with Gasteiger partial charge in [-0.25, -0.2) is 9.48 Å². The number of rotatable bonds is 3. The molecule has 1 aliphatic carbocycles. The average molecular weight is 261 g/mol. The zero-order valence-corrected chi connectivity index (χ0v) is 10.6. The molecule has 0 aliphatic heterocycles. The Morgan fingerprint density at radius 1 is 1.47 bits per heavy atom. The van der Waals surface area contributed by atoms with Crippen molar-refractivity contribution in [2.45, 2.75) is 31.4 Å². The van der Waals surface area contributed by atoms with Crippen LogP contribution >= 0.6 is 0 Å². The molecule has 2 unspecified atom stereocenters. The number of benzene rings is 1. The van der Waals surface area contributed by atoms with Crippen molar-refractivity contribution in [3.63, 3.8) is 0 Å². The first-order valence-electron chi connectivity index (χ1n) is 6.30. The van der Waals surface area contributed by atoms with Gasteiger partial charge in [0, 0.05) is 7.11 Å². The zero-order chi connectivity index (χ0) is 13.4. The minimum atomic E-state index is -0.949. The topological polar surface area (TPSA) is 77.2 Å². The van der Waals surface area contributed by atoms with Crippen LogP contribution in [-0.2, 0) is 4.74 Å². The highest BCUT2D eigenvalue weighted by Gasteiger charge is 2.29. The molecule has 0 amide bonds. The third-order valence-corrected chi connectivity index (χ3v) is 3.76. The number of aromatic carboxylic acids is 1. The molecule has 1 aromatic heterocycles. The van der Waals surface area contributed by atoms with Crippen LogP contribution in [0.4, 0.5) is 0 Å². The molecule has 100 valence electrons. The molecule has 19 heavy (non-hydrogen) atoms. The fourth-order valence-electron chi connectivity index (χ4n) is 2.78. The molecule has 6 heteroatoms. The number of carboxylic acid groups (broad SMARTS) is 1. The van der Waals surface area contributed by atoms with Gasteiger partial charge in [0.05, 0.1) is 17.7 Å². The van der Waals surface area contributed by atoms with Crippen molar-refractivity contribution in [1.29, 1.82) is 0 Å². The Morgan fingerprint density at radius 3 is 3.00 bits per heavy atom. The van der Waals surface area contributed by atoms with Gasteiger partial charge in [-0.3, -0.25) is 0 Å². The summed E-state index contributed by atoms with van der Waals surface area (Å²) in [6.45, 7) is 0. The smallest absolute Gasteiger partial charge is 0.337 e. The number of hydrogen-bond donors (Lipinski definition) is 1. The minimum absolute atomic E-state index is 0.162. The molecule has 3 rings (SSSR count). The highest BCUT2D eigenvalue weighted by Crippen LogP contribution is 2.33. The van der Waals surface area contributed by atoms with Crippen molar-refractivity contribution in [3.05, 3.63) is 23.8 Å². The van der Waals surface area contributed by atoms with Crippen molar-refractivity contribution in [2.24, 2.45) is 0 Å². The number of para-hydroxylation sites is 1. The molecular weight excluding hydrogens is 246 g/mol. The Balaban J connectivity index is 2.07. The van der Waals surface area contributed by atoms with Gasteiger partial charge < -0.3 is 9.84 Å². The Hall–Kier alpha value is -1.95. The first kappa shape index (κ1) is 12.1. The largest absolute Gasteiger partial charge is 0.478 e. The molecule has 6 nitrogen and oxygen atoms in total. The van der Waals surface area contributed by atoms with E-state index in [0.717, 1.165) is 19.3 Å². The molecule has 0 radical (unpaired) electrons. The third kappa shape index (κ3) is 1.98. The number of hydrogen-bond acceptors (Lipinski definition) is 4. The summed E-state index contributed by atoms with van der Waals surface area (Å²) in [6.07, 6.45) is 2.98. The lowest BCUT2D eigenvalue weighted by Gasteiger charge is -2.12. The number of carboxylic acids is 1. The summed E-state index contributed by atoms with van der Waals surface area (Å²) >= 11 is 0. The molecule has 1 fully saturated rings. The number of aromatic nitrogens is 3. The van der Waals surface area contributed by atoms with Crippen LogP contribution in [0.3, 0.4) is 0 Å². The van der Waals surface area contributed by atoms with E-state index in [0.29, 0.717) is 11.0 Å². The first-order valence-corrected chi connectivity index (χ1v) is 6.30. The number of fused-ring (bicyclic) bond motifs is 1. The van der Waals surface area contributed by atoms with Gasteiger partial charge in [0.15, 0.2) is 0 Å². The molecule has 0 saturated heterocycles. The molecule has 0 bridgehead atoms. The minimum Gasteiger partial charge on any atom is -0.478 e. The van der Waals surface area contributed by atoms with E-state index in [2.05, 4.69) is 10.3 Å². The Labute approximate surface area is 110 Å². The van der Waals surface area contributed by atoms with Crippen molar-refractivity contribution >= 4 is 17.0 Å². The molecule has 2 aromatic rings. The zero-order valence-electron chi connectivity index (χ0n) is 10.6. The summed E-state index contributed by atoms with van der Waals surface area (Å²) in [5, 5.41) is 17.5. The molecule has 1 heterocycles. The van der Waals surface area contributed by atoms with Crippen molar-refractivity contribution < 1.29 is 14.6 Å². The summed E-state index contributed by atoms with van der Waals surface area (Å²) in [6, 6.07) is 5.23. The van der Waals surface area contributed by atoms with Gasteiger partial charge in [0.25, 0.3) is 0 Å². The van der Waals surface area contributed by atoms with Crippen molar-refractivity contribution in [2.75, 3.05) is 7.11 Å². The SMILES string of the molecule is COC1CCC(n2nnc3cccc(C(=O)O)c32)C1. The predicted molar refractivity (Wildman–Crippen MR) is 68.2 cm³/mol. The van der Waals surface area contributed by atoms with E-state index in [1.807, 2.05) is 0 Å². The van der Waals surface area contributed by atoms with E-state index in [4.69, 9.17) is 4.74 Å². The van der Waals surface area contributed by atoms with Gasteiger partial charge in [0.2, 0.25) is 0 Å². The third-order valence-electron chi connectivity index (χ3n) is 3.76. The normalized spacial score (nSPS) is 23.0. The molecule has 1 N–H and O–H groups in total. The molecule has 1 aliphatic rings. The van der Waals surface area contributed by atoms with Gasteiger partial charge in [-0.1, -0.05) is 11.3 Å². The summed E-state index contributed by atoms with van der Waals surface area (Å²) < 4.78 is 7.10.